The van der Waals surface area contributed by atoms with Crippen LogP contribution in [0.15, 0.2) is 0 Å². The first kappa shape index (κ1) is 15.8. The van der Waals surface area contributed by atoms with Gasteiger partial charge in [-0.2, -0.15) is 0 Å². The lowest BCUT2D eigenvalue weighted by Gasteiger charge is -2.48. The van der Waals surface area contributed by atoms with Crippen molar-refractivity contribution in [3.63, 3.8) is 0 Å². The van der Waals surface area contributed by atoms with Gasteiger partial charge >= 0.3 is 0 Å². The van der Waals surface area contributed by atoms with Crippen LogP contribution in [-0.4, -0.2) is 30.3 Å². The summed E-state index contributed by atoms with van der Waals surface area (Å²) in [4.78, 5) is 15.5. The third kappa shape index (κ3) is 3.03. The molecule has 120 valence electrons. The number of rotatable bonds is 3. The first-order valence-electron chi connectivity index (χ1n) is 8.99. The Morgan fingerprint density at radius 3 is 2.10 bits per heavy atom. The minimum atomic E-state index is 0. The number of Topliss-reactive ketones (excluding diaryl/α,β-unsaturated/α-hetero) is 1. The molecule has 3 heteroatoms. The zero-order valence-electron chi connectivity index (χ0n) is 13.2. The molecule has 4 bridgehead atoms. The summed E-state index contributed by atoms with van der Waals surface area (Å²) in [5, 5.41) is 0. The molecule has 0 radical (unpaired) electrons. The first-order chi connectivity index (χ1) is 9.73. The molecule has 0 amide bonds. The molecule has 1 saturated heterocycles. The van der Waals surface area contributed by atoms with Gasteiger partial charge in [-0.15, -0.1) is 12.4 Å². The largest absolute Gasteiger partial charge is 0.298 e. The first-order valence-corrected chi connectivity index (χ1v) is 8.99. The lowest BCUT2D eigenvalue weighted by molar-refractivity contribution is -0.137. The van der Waals surface area contributed by atoms with Crippen molar-refractivity contribution in [2.75, 3.05) is 19.6 Å². The Balaban J connectivity index is 0.00000132. The van der Waals surface area contributed by atoms with E-state index in [1.54, 1.807) is 0 Å². The zero-order chi connectivity index (χ0) is 13.6. The van der Waals surface area contributed by atoms with Crippen LogP contribution in [0.5, 0.6) is 0 Å². The molecule has 2 atom stereocenters. The van der Waals surface area contributed by atoms with Crippen LogP contribution >= 0.6 is 12.4 Å². The van der Waals surface area contributed by atoms with E-state index in [0.29, 0.717) is 5.78 Å². The fourth-order valence-corrected chi connectivity index (χ4v) is 6.02. The van der Waals surface area contributed by atoms with Crippen molar-refractivity contribution in [3.8, 4) is 0 Å². The maximum absolute atomic E-state index is 13.1. The molecule has 21 heavy (non-hydrogen) atoms. The molecule has 5 aliphatic rings. The average molecular weight is 312 g/mol. The van der Waals surface area contributed by atoms with Crippen molar-refractivity contribution in [2.45, 2.75) is 64.2 Å². The number of halogens is 1. The van der Waals surface area contributed by atoms with Crippen LogP contribution in [0.1, 0.15) is 64.2 Å². The van der Waals surface area contributed by atoms with Gasteiger partial charge < -0.3 is 0 Å². The highest BCUT2D eigenvalue weighted by molar-refractivity contribution is 5.87. The predicted octanol–water partition coefficient (Wildman–Crippen LogP) is 4.07. The monoisotopic (exact) mass is 311 g/mol. The third-order valence-corrected chi connectivity index (χ3v) is 6.76. The second-order valence-corrected chi connectivity index (χ2v) is 8.30. The van der Waals surface area contributed by atoms with Gasteiger partial charge in [0.15, 0.2) is 5.78 Å². The standard InChI is InChI=1S/C18H29NO.ClH/c20-17(13-19-6-2-1-3-7-19)18-10-14-4-5-15(11-18)9-16(8-14)12-18;/h14-16H,1-13H2;1H. The van der Waals surface area contributed by atoms with Crippen LogP contribution in [0.25, 0.3) is 0 Å². The number of carbonyl (C=O) groups excluding carboxylic acids is 1. The molecule has 5 fully saturated rings. The Morgan fingerprint density at radius 1 is 0.905 bits per heavy atom. The number of hydrogen-bond acceptors (Lipinski definition) is 2. The molecule has 2 nitrogen and oxygen atoms in total. The molecule has 1 heterocycles. The van der Waals surface area contributed by atoms with Crippen LogP contribution in [0, 0.1) is 23.2 Å². The second-order valence-electron chi connectivity index (χ2n) is 8.30. The maximum Gasteiger partial charge on any atom is 0.152 e. The lowest BCUT2D eigenvalue weighted by Crippen LogP contribution is -2.48. The van der Waals surface area contributed by atoms with Gasteiger partial charge in [0.05, 0.1) is 6.54 Å². The van der Waals surface area contributed by atoms with E-state index in [1.807, 2.05) is 0 Å². The van der Waals surface area contributed by atoms with E-state index in [0.717, 1.165) is 37.4 Å². The molecule has 0 aromatic carbocycles. The quantitative estimate of drug-likeness (QED) is 0.783. The van der Waals surface area contributed by atoms with Crippen molar-refractivity contribution >= 4 is 18.2 Å². The highest BCUT2D eigenvalue weighted by Crippen LogP contribution is 2.58. The van der Waals surface area contributed by atoms with Crippen molar-refractivity contribution in [2.24, 2.45) is 23.2 Å². The number of piperidine rings is 1. The third-order valence-electron chi connectivity index (χ3n) is 6.76. The van der Waals surface area contributed by atoms with E-state index in [1.165, 1.54) is 64.2 Å². The Labute approximate surface area is 135 Å². The fourth-order valence-electron chi connectivity index (χ4n) is 6.02. The number of fused-ring (bicyclic) bond motifs is 1. The molecule has 0 aromatic heterocycles. The molecule has 2 unspecified atom stereocenters. The van der Waals surface area contributed by atoms with Crippen molar-refractivity contribution < 1.29 is 4.79 Å². The van der Waals surface area contributed by atoms with E-state index in [4.69, 9.17) is 0 Å². The van der Waals surface area contributed by atoms with Crippen LogP contribution in [0.3, 0.4) is 0 Å². The van der Waals surface area contributed by atoms with E-state index < -0.39 is 0 Å². The van der Waals surface area contributed by atoms with Crippen LogP contribution in [-0.2, 0) is 4.79 Å². The summed E-state index contributed by atoms with van der Waals surface area (Å²) >= 11 is 0. The molecule has 0 N–H and O–H groups in total. The van der Waals surface area contributed by atoms with E-state index in [9.17, 15) is 4.79 Å². The normalized spacial score (nSPS) is 42.4. The van der Waals surface area contributed by atoms with Crippen molar-refractivity contribution in [1.82, 2.24) is 4.90 Å². The Morgan fingerprint density at radius 2 is 1.48 bits per heavy atom. The van der Waals surface area contributed by atoms with Gasteiger partial charge in [-0.1, -0.05) is 19.3 Å². The molecule has 5 rings (SSSR count). The SMILES string of the molecule is Cl.O=C(CN1CCCCC1)C12CC3CCC(CC(C3)C1)C2. The number of nitrogens with zero attached hydrogens (tertiary/aromatic N) is 1. The minimum Gasteiger partial charge on any atom is -0.298 e. The summed E-state index contributed by atoms with van der Waals surface area (Å²) in [6, 6.07) is 0. The van der Waals surface area contributed by atoms with Gasteiger partial charge in [0.2, 0.25) is 0 Å². The summed E-state index contributed by atoms with van der Waals surface area (Å²) in [5.41, 5.74) is 0.116. The number of carbonyl (C=O) groups is 1. The molecule has 1 aliphatic heterocycles. The summed E-state index contributed by atoms with van der Waals surface area (Å²) in [6.07, 6.45) is 13.4. The van der Waals surface area contributed by atoms with Gasteiger partial charge in [0.25, 0.3) is 0 Å². The Kier molecular flexibility index (Phi) is 4.66. The Hall–Kier alpha value is -0.0800. The molecular weight excluding hydrogens is 282 g/mol. The van der Waals surface area contributed by atoms with E-state index >= 15 is 0 Å². The molecule has 0 aromatic rings. The topological polar surface area (TPSA) is 20.3 Å². The van der Waals surface area contributed by atoms with Gasteiger partial charge in [-0.05, 0) is 75.8 Å². The summed E-state index contributed by atoms with van der Waals surface area (Å²) in [7, 11) is 0. The Bertz CT molecular complexity index is 375. The number of ketones is 1. The minimum absolute atomic E-state index is 0. The molecule has 4 saturated carbocycles. The summed E-state index contributed by atoms with van der Waals surface area (Å²) in [5.74, 6) is 3.28. The zero-order valence-corrected chi connectivity index (χ0v) is 14.0. The predicted molar refractivity (Wildman–Crippen MR) is 87.8 cm³/mol. The smallest absolute Gasteiger partial charge is 0.152 e. The molecular formula is C18H30ClNO. The molecule has 0 spiro atoms. The average Bonchev–Trinajstić information content (AvgIpc) is 2.66. The van der Waals surface area contributed by atoms with Gasteiger partial charge in [0, 0.05) is 5.41 Å². The highest BCUT2D eigenvalue weighted by atomic mass is 35.5. The maximum atomic E-state index is 13.1. The van der Waals surface area contributed by atoms with Gasteiger partial charge in [0.1, 0.15) is 0 Å². The fraction of sp³-hybridized carbons (Fsp3) is 0.944. The van der Waals surface area contributed by atoms with Crippen LogP contribution in [0.4, 0.5) is 0 Å². The van der Waals surface area contributed by atoms with E-state index in [2.05, 4.69) is 4.90 Å². The summed E-state index contributed by atoms with van der Waals surface area (Å²) < 4.78 is 0. The number of likely N-dealkylation sites (tertiary alicyclic amines) is 1. The van der Waals surface area contributed by atoms with Crippen molar-refractivity contribution in [3.05, 3.63) is 0 Å². The van der Waals surface area contributed by atoms with Crippen molar-refractivity contribution in [1.29, 1.82) is 0 Å². The lowest BCUT2D eigenvalue weighted by atomic mass is 9.57. The van der Waals surface area contributed by atoms with Gasteiger partial charge in [-0.3, -0.25) is 9.69 Å². The second kappa shape index (κ2) is 6.20. The highest BCUT2D eigenvalue weighted by Gasteiger charge is 2.52. The van der Waals surface area contributed by atoms with Gasteiger partial charge in [-0.25, -0.2) is 0 Å². The number of hydrogen-bond donors (Lipinski definition) is 0. The van der Waals surface area contributed by atoms with Crippen LogP contribution in [0.2, 0.25) is 0 Å². The molecule has 4 aliphatic carbocycles. The van der Waals surface area contributed by atoms with Crippen LogP contribution < -0.4 is 0 Å². The van der Waals surface area contributed by atoms with E-state index in [-0.39, 0.29) is 17.8 Å². The summed E-state index contributed by atoms with van der Waals surface area (Å²) in [6.45, 7) is 3.10.